The van der Waals surface area contributed by atoms with Crippen LogP contribution in [0.25, 0.3) is 0 Å². The lowest BCUT2D eigenvalue weighted by Gasteiger charge is -2.12. The van der Waals surface area contributed by atoms with Gasteiger partial charge in [0.2, 0.25) is 5.88 Å². The largest absolute Gasteiger partial charge is 0.473 e. The van der Waals surface area contributed by atoms with Crippen molar-refractivity contribution in [1.29, 1.82) is 0 Å². The highest BCUT2D eigenvalue weighted by Crippen LogP contribution is 2.14. The predicted octanol–water partition coefficient (Wildman–Crippen LogP) is 1.16. The van der Waals surface area contributed by atoms with E-state index < -0.39 is 0 Å². The molecule has 70 valence electrons. The van der Waals surface area contributed by atoms with Gasteiger partial charge >= 0.3 is 0 Å². The third-order valence-electron chi connectivity index (χ3n) is 2.27. The minimum Gasteiger partial charge on any atom is -0.473 e. The summed E-state index contributed by atoms with van der Waals surface area (Å²) >= 11 is 0. The van der Waals surface area contributed by atoms with Gasteiger partial charge < -0.3 is 9.64 Å². The molecule has 1 aliphatic rings. The van der Waals surface area contributed by atoms with Crippen LogP contribution in [0.2, 0.25) is 0 Å². The van der Waals surface area contributed by atoms with E-state index in [1.54, 1.807) is 6.20 Å². The van der Waals surface area contributed by atoms with E-state index in [4.69, 9.17) is 4.74 Å². The zero-order chi connectivity index (χ0) is 9.10. The van der Waals surface area contributed by atoms with Gasteiger partial charge in [-0.2, -0.15) is 0 Å². The van der Waals surface area contributed by atoms with Gasteiger partial charge in [0.05, 0.1) is 0 Å². The Hall–Kier alpha value is -1.09. The van der Waals surface area contributed by atoms with Crippen LogP contribution in [0.1, 0.15) is 6.42 Å². The van der Waals surface area contributed by atoms with Crippen molar-refractivity contribution < 1.29 is 4.74 Å². The SMILES string of the molecule is CN1CC[C@H](Oc2ccccn2)C1. The fraction of sp³-hybridized carbons (Fsp3) is 0.500. The Morgan fingerprint density at radius 3 is 3.08 bits per heavy atom. The molecule has 0 saturated carbocycles. The highest BCUT2D eigenvalue weighted by Gasteiger charge is 2.20. The highest BCUT2D eigenvalue weighted by molar-refractivity contribution is 5.09. The smallest absolute Gasteiger partial charge is 0.213 e. The Morgan fingerprint density at radius 1 is 1.54 bits per heavy atom. The van der Waals surface area contributed by atoms with E-state index in [0.29, 0.717) is 6.10 Å². The molecular weight excluding hydrogens is 164 g/mol. The number of hydrogen-bond acceptors (Lipinski definition) is 3. The molecule has 1 aromatic heterocycles. The molecule has 0 aliphatic carbocycles. The minimum atomic E-state index is 0.319. The number of likely N-dealkylation sites (N-methyl/N-ethyl adjacent to an activating group) is 1. The number of aromatic nitrogens is 1. The van der Waals surface area contributed by atoms with Gasteiger partial charge in [0, 0.05) is 25.4 Å². The van der Waals surface area contributed by atoms with Crippen LogP contribution in [0.15, 0.2) is 24.4 Å². The maximum atomic E-state index is 5.69. The normalized spacial score (nSPS) is 23.3. The molecule has 1 aliphatic heterocycles. The molecule has 0 radical (unpaired) electrons. The quantitative estimate of drug-likeness (QED) is 0.679. The molecule has 0 unspecified atom stereocenters. The molecule has 1 saturated heterocycles. The van der Waals surface area contributed by atoms with E-state index >= 15 is 0 Å². The summed E-state index contributed by atoms with van der Waals surface area (Å²) in [6.07, 6.45) is 3.18. The summed E-state index contributed by atoms with van der Waals surface area (Å²) in [5.74, 6) is 0.739. The first-order chi connectivity index (χ1) is 6.34. The van der Waals surface area contributed by atoms with E-state index in [1.165, 1.54) is 0 Å². The third kappa shape index (κ3) is 2.18. The van der Waals surface area contributed by atoms with Crippen LogP contribution in [-0.4, -0.2) is 36.1 Å². The van der Waals surface area contributed by atoms with E-state index in [1.807, 2.05) is 18.2 Å². The molecule has 0 aromatic carbocycles. The van der Waals surface area contributed by atoms with Crippen molar-refractivity contribution in [1.82, 2.24) is 9.88 Å². The van der Waals surface area contributed by atoms with Crippen LogP contribution in [0.4, 0.5) is 0 Å². The first-order valence-corrected chi connectivity index (χ1v) is 4.61. The number of ether oxygens (including phenoxy) is 1. The second-order valence-electron chi connectivity index (χ2n) is 3.46. The van der Waals surface area contributed by atoms with E-state index in [0.717, 1.165) is 25.4 Å². The molecule has 0 amide bonds. The van der Waals surface area contributed by atoms with Crippen LogP contribution in [0.3, 0.4) is 0 Å². The van der Waals surface area contributed by atoms with Crippen LogP contribution in [-0.2, 0) is 0 Å². The van der Waals surface area contributed by atoms with Crippen molar-refractivity contribution >= 4 is 0 Å². The summed E-state index contributed by atoms with van der Waals surface area (Å²) in [5.41, 5.74) is 0. The van der Waals surface area contributed by atoms with Gasteiger partial charge in [-0.15, -0.1) is 0 Å². The summed E-state index contributed by atoms with van der Waals surface area (Å²) in [4.78, 5) is 6.40. The van der Waals surface area contributed by atoms with Crippen molar-refractivity contribution in [3.8, 4) is 5.88 Å². The molecule has 3 nitrogen and oxygen atoms in total. The number of rotatable bonds is 2. The first-order valence-electron chi connectivity index (χ1n) is 4.61. The van der Waals surface area contributed by atoms with Gasteiger partial charge in [-0.3, -0.25) is 0 Å². The average Bonchev–Trinajstić information content (AvgIpc) is 2.53. The molecule has 2 heterocycles. The maximum absolute atomic E-state index is 5.69. The van der Waals surface area contributed by atoms with Crippen molar-refractivity contribution in [2.45, 2.75) is 12.5 Å². The van der Waals surface area contributed by atoms with Crippen LogP contribution >= 0.6 is 0 Å². The standard InChI is InChI=1S/C10H14N2O/c1-12-7-5-9(8-12)13-10-4-2-3-6-11-10/h2-4,6,9H,5,7-8H2,1H3/t9-/m0/s1. The summed E-state index contributed by atoms with van der Waals surface area (Å²) in [5, 5.41) is 0. The maximum Gasteiger partial charge on any atom is 0.213 e. The lowest BCUT2D eigenvalue weighted by atomic mass is 10.3. The molecule has 2 rings (SSSR count). The molecule has 3 heteroatoms. The van der Waals surface area contributed by atoms with Crippen molar-refractivity contribution in [3.63, 3.8) is 0 Å². The molecular formula is C10H14N2O. The number of hydrogen-bond donors (Lipinski definition) is 0. The molecule has 0 N–H and O–H groups in total. The molecule has 13 heavy (non-hydrogen) atoms. The molecule has 1 atom stereocenters. The highest BCUT2D eigenvalue weighted by atomic mass is 16.5. The number of likely N-dealkylation sites (tertiary alicyclic amines) is 1. The monoisotopic (exact) mass is 178 g/mol. The van der Waals surface area contributed by atoms with Crippen LogP contribution < -0.4 is 4.74 Å². The average molecular weight is 178 g/mol. The Labute approximate surface area is 78.3 Å². The summed E-state index contributed by atoms with van der Waals surface area (Å²) in [6.45, 7) is 2.13. The Balaban J connectivity index is 1.92. The first kappa shape index (κ1) is 8.51. The molecule has 0 spiro atoms. The fourth-order valence-electron chi connectivity index (χ4n) is 1.58. The zero-order valence-electron chi connectivity index (χ0n) is 7.81. The van der Waals surface area contributed by atoms with Gasteiger partial charge in [-0.05, 0) is 19.5 Å². The van der Waals surface area contributed by atoms with Gasteiger partial charge in [0.25, 0.3) is 0 Å². The number of pyridine rings is 1. The molecule has 1 aromatic rings. The van der Waals surface area contributed by atoms with Crippen molar-refractivity contribution in [2.75, 3.05) is 20.1 Å². The third-order valence-corrected chi connectivity index (χ3v) is 2.27. The zero-order valence-corrected chi connectivity index (χ0v) is 7.81. The lowest BCUT2D eigenvalue weighted by Crippen LogP contribution is -2.21. The number of nitrogens with zero attached hydrogens (tertiary/aromatic N) is 2. The summed E-state index contributed by atoms with van der Waals surface area (Å²) < 4.78 is 5.69. The second-order valence-corrected chi connectivity index (χ2v) is 3.46. The van der Waals surface area contributed by atoms with Crippen LogP contribution in [0, 0.1) is 0 Å². The van der Waals surface area contributed by atoms with E-state index in [-0.39, 0.29) is 0 Å². The second kappa shape index (κ2) is 3.75. The van der Waals surface area contributed by atoms with Crippen LogP contribution in [0.5, 0.6) is 5.88 Å². The topological polar surface area (TPSA) is 25.4 Å². The van der Waals surface area contributed by atoms with Gasteiger partial charge in [0.1, 0.15) is 6.10 Å². The molecule has 1 fully saturated rings. The molecule has 0 bridgehead atoms. The van der Waals surface area contributed by atoms with Crippen molar-refractivity contribution in [2.24, 2.45) is 0 Å². The van der Waals surface area contributed by atoms with Crippen molar-refractivity contribution in [3.05, 3.63) is 24.4 Å². The van der Waals surface area contributed by atoms with Gasteiger partial charge in [0.15, 0.2) is 0 Å². The van der Waals surface area contributed by atoms with Gasteiger partial charge in [-0.1, -0.05) is 6.07 Å². The Kier molecular flexibility index (Phi) is 2.45. The van der Waals surface area contributed by atoms with Gasteiger partial charge in [-0.25, -0.2) is 4.98 Å². The Morgan fingerprint density at radius 2 is 2.46 bits per heavy atom. The van der Waals surface area contributed by atoms with E-state index in [2.05, 4.69) is 16.9 Å². The fourth-order valence-corrected chi connectivity index (χ4v) is 1.58. The summed E-state index contributed by atoms with van der Waals surface area (Å²) in [6, 6.07) is 5.74. The predicted molar refractivity (Wildman–Crippen MR) is 50.8 cm³/mol. The lowest BCUT2D eigenvalue weighted by molar-refractivity contribution is 0.200. The van der Waals surface area contributed by atoms with E-state index in [9.17, 15) is 0 Å². The summed E-state index contributed by atoms with van der Waals surface area (Å²) in [7, 11) is 2.11. The minimum absolute atomic E-state index is 0.319. The Bertz CT molecular complexity index is 263.